The van der Waals surface area contributed by atoms with Gasteiger partial charge in [-0.2, -0.15) is 0 Å². The third-order valence-corrected chi connectivity index (χ3v) is 10.3. The van der Waals surface area contributed by atoms with Crippen molar-refractivity contribution in [3.63, 3.8) is 0 Å². The van der Waals surface area contributed by atoms with Crippen LogP contribution in [0.25, 0.3) is 16.6 Å². The van der Waals surface area contributed by atoms with Crippen LogP contribution < -0.4 is 11.2 Å². The Bertz CT molecular complexity index is 1580. The third-order valence-electron chi connectivity index (χ3n) is 9.19. The van der Waals surface area contributed by atoms with Gasteiger partial charge in [0.2, 0.25) is 0 Å². The summed E-state index contributed by atoms with van der Waals surface area (Å²) in [5.41, 5.74) is 16.4. The number of rotatable bonds is 4. The van der Waals surface area contributed by atoms with E-state index in [4.69, 9.17) is 30.2 Å². The van der Waals surface area contributed by atoms with E-state index in [1.165, 1.54) is 10.6 Å². The van der Waals surface area contributed by atoms with Crippen LogP contribution in [0.5, 0.6) is 0 Å². The zero-order chi connectivity index (χ0) is 31.9. The second-order valence-corrected chi connectivity index (χ2v) is 14.3. The molecular weight excluding hydrogens is 590 g/mol. The number of amides is 1. The molecule has 2 aromatic heterocycles. The largest absolute Gasteiger partial charge is 0.464 e. The second-order valence-electron chi connectivity index (χ2n) is 13.2. The van der Waals surface area contributed by atoms with Crippen molar-refractivity contribution in [3.8, 4) is 0 Å². The number of carbonyl (C=O) groups excluding carboxylic acids is 2. The van der Waals surface area contributed by atoms with Crippen LogP contribution in [0.4, 0.5) is 0 Å². The summed E-state index contributed by atoms with van der Waals surface area (Å²) in [5, 5.41) is 2.35. The minimum Gasteiger partial charge on any atom is -0.464 e. The molecule has 6 rings (SSSR count). The Hall–Kier alpha value is -3.06. The number of methoxy groups -OCH3 is 1. The van der Waals surface area contributed by atoms with Gasteiger partial charge in [0.1, 0.15) is 12.1 Å². The van der Waals surface area contributed by atoms with Crippen molar-refractivity contribution in [1.82, 2.24) is 20.0 Å². The quantitative estimate of drug-likeness (QED) is 0.478. The van der Waals surface area contributed by atoms with Gasteiger partial charge >= 0.3 is 5.97 Å². The number of carbonyl (C=O) groups is 2. The number of nitrogens with two attached hydrogens (primary N) is 1. The molecule has 0 aliphatic carbocycles. The normalized spacial score (nSPS) is 26.6. The number of allylic oxidation sites excluding steroid dienone is 1. The average molecular weight is 636 g/mol. The first-order valence-corrected chi connectivity index (χ1v) is 17.1. The lowest BCUT2D eigenvalue weighted by Crippen LogP contribution is -2.59. The summed E-state index contributed by atoms with van der Waals surface area (Å²) in [6, 6.07) is 2.77. The van der Waals surface area contributed by atoms with Crippen LogP contribution in [0, 0.1) is 5.41 Å². The summed E-state index contributed by atoms with van der Waals surface area (Å²) in [7, 11) is 1.72. The van der Waals surface area contributed by atoms with Gasteiger partial charge in [0.15, 0.2) is 0 Å². The molecule has 1 amide bonds. The van der Waals surface area contributed by atoms with E-state index in [0.29, 0.717) is 32.2 Å². The van der Waals surface area contributed by atoms with Gasteiger partial charge in [-0.3, -0.25) is 24.6 Å². The molecule has 0 spiro atoms. The van der Waals surface area contributed by atoms with E-state index in [9.17, 15) is 9.59 Å². The fraction of sp³-hybridized carbons (Fsp3) is 0.606. The van der Waals surface area contributed by atoms with Gasteiger partial charge < -0.3 is 19.8 Å². The summed E-state index contributed by atoms with van der Waals surface area (Å²) >= 11 is 1.64. The molecule has 6 bridgehead atoms. The number of aryl methyl sites for hydroxylation is 1. The topological polar surface area (TPSA) is 136 Å². The predicted octanol–water partition coefficient (Wildman–Crippen LogP) is 4.19. The van der Waals surface area contributed by atoms with E-state index < -0.39 is 17.5 Å². The minimum atomic E-state index is -0.756. The first-order chi connectivity index (χ1) is 21.6. The molecule has 242 valence electrons. The van der Waals surface area contributed by atoms with Gasteiger partial charge in [-0.25, -0.2) is 10.4 Å². The van der Waals surface area contributed by atoms with Crippen molar-refractivity contribution in [2.45, 2.75) is 97.0 Å². The van der Waals surface area contributed by atoms with E-state index in [1.54, 1.807) is 18.9 Å². The van der Waals surface area contributed by atoms with Crippen LogP contribution in [-0.2, 0) is 32.0 Å². The number of fused-ring (bicyclic) bond motifs is 5. The number of esters is 1. The van der Waals surface area contributed by atoms with Gasteiger partial charge in [0, 0.05) is 55.1 Å². The molecule has 45 heavy (non-hydrogen) atoms. The molecule has 4 atom stereocenters. The minimum absolute atomic E-state index is 0.120. The van der Waals surface area contributed by atoms with Crippen molar-refractivity contribution < 1.29 is 19.1 Å². The second kappa shape index (κ2) is 13.0. The lowest BCUT2D eigenvalue weighted by Gasteiger charge is -2.34. The SMILES string of the molecule is CCn1c(C2=C([C@H](C)OC)N=CCC2)c2c3nc(ccc31)C1CSC(=N1)C[C@H](N)C(=O)N1CCC[C@H](N1)C(=O)OCC(C)(C)C2. The van der Waals surface area contributed by atoms with Gasteiger partial charge in [0.25, 0.3) is 5.91 Å². The highest BCUT2D eigenvalue weighted by atomic mass is 32.2. The average Bonchev–Trinajstić information content (AvgIpc) is 3.64. The summed E-state index contributed by atoms with van der Waals surface area (Å²) in [5.74, 6) is 0.159. The number of cyclic esters (lactones) is 1. The summed E-state index contributed by atoms with van der Waals surface area (Å²) in [6.45, 7) is 9.94. The molecule has 0 saturated carbocycles. The lowest BCUT2D eigenvalue weighted by atomic mass is 9.84. The smallest absolute Gasteiger partial charge is 0.324 e. The lowest BCUT2D eigenvalue weighted by molar-refractivity contribution is -0.154. The number of hydrogen-bond acceptors (Lipinski definition) is 10. The maximum absolute atomic E-state index is 13.3. The van der Waals surface area contributed by atoms with Crippen LogP contribution in [0.3, 0.4) is 0 Å². The molecule has 3 N–H and O–H groups in total. The predicted molar refractivity (Wildman–Crippen MR) is 178 cm³/mol. The van der Waals surface area contributed by atoms with Gasteiger partial charge in [-0.1, -0.05) is 13.8 Å². The Morgan fingerprint density at radius 3 is 2.89 bits per heavy atom. The van der Waals surface area contributed by atoms with E-state index in [1.807, 2.05) is 13.1 Å². The summed E-state index contributed by atoms with van der Waals surface area (Å²) in [6.07, 6.45) is 5.81. The molecule has 2 aromatic rings. The molecular formula is C33H45N7O4S. The molecule has 1 saturated heterocycles. The van der Waals surface area contributed by atoms with Crippen LogP contribution in [-0.4, -0.2) is 81.9 Å². The number of pyridine rings is 1. The molecule has 0 aromatic carbocycles. The van der Waals surface area contributed by atoms with Crippen LogP contribution in [0.1, 0.15) is 82.8 Å². The first-order valence-electron chi connectivity index (χ1n) is 16.1. The number of nitrogens with one attached hydrogen (secondary N) is 1. The van der Waals surface area contributed by atoms with E-state index in [2.05, 4.69) is 42.9 Å². The molecule has 4 aliphatic heterocycles. The van der Waals surface area contributed by atoms with Gasteiger partial charge in [-0.05, 0) is 58.1 Å². The standard InChI is InChI=1S/C33H45N7O4S/c1-6-39-26-12-11-23-25-17-45-27(36-25)15-22(34)31(41)40-14-8-10-24(38-40)32(42)44-18-33(3,4)16-21(29(26)37-23)30(39)20-9-7-13-35-28(20)19(2)43-5/h11-13,19,22,24-25,38H,6-10,14-18,34H2,1-5H3/t19-,22-,24-,25?/m0/s1. The molecule has 11 nitrogen and oxygen atoms in total. The molecule has 1 unspecified atom stereocenters. The maximum Gasteiger partial charge on any atom is 0.324 e. The fourth-order valence-electron chi connectivity index (χ4n) is 6.78. The number of aromatic nitrogens is 2. The molecule has 12 heteroatoms. The van der Waals surface area contributed by atoms with Crippen molar-refractivity contribution in [1.29, 1.82) is 0 Å². The van der Waals surface area contributed by atoms with Crippen LogP contribution >= 0.6 is 11.8 Å². The Balaban J connectivity index is 1.50. The Morgan fingerprint density at radius 1 is 1.29 bits per heavy atom. The van der Waals surface area contributed by atoms with Crippen molar-refractivity contribution in [3.05, 3.63) is 34.8 Å². The van der Waals surface area contributed by atoms with Crippen LogP contribution in [0.2, 0.25) is 0 Å². The zero-order valence-electron chi connectivity index (χ0n) is 27.0. The summed E-state index contributed by atoms with van der Waals surface area (Å²) < 4.78 is 14.1. The van der Waals surface area contributed by atoms with Gasteiger partial charge in [-0.15, -0.1) is 11.8 Å². The number of nitrogens with zero attached hydrogens (tertiary/aromatic N) is 5. The Labute approximate surface area is 269 Å². The zero-order valence-corrected chi connectivity index (χ0v) is 27.8. The van der Waals surface area contributed by atoms with Gasteiger partial charge in [0.05, 0.1) is 51.9 Å². The van der Waals surface area contributed by atoms with E-state index in [0.717, 1.165) is 63.9 Å². The number of hydrogen-bond donors (Lipinski definition) is 2. The number of aliphatic imine (C=N–C) groups is 2. The van der Waals surface area contributed by atoms with Crippen LogP contribution in [0.15, 0.2) is 27.8 Å². The van der Waals surface area contributed by atoms with Crippen molar-refractivity contribution in [2.75, 3.05) is 26.0 Å². The molecule has 1 fully saturated rings. The maximum atomic E-state index is 13.3. The van der Waals surface area contributed by atoms with Crippen molar-refractivity contribution in [2.24, 2.45) is 21.1 Å². The van der Waals surface area contributed by atoms with E-state index >= 15 is 0 Å². The highest BCUT2D eigenvalue weighted by Gasteiger charge is 2.35. The number of thioether (sulfide) groups is 1. The molecule has 6 heterocycles. The highest BCUT2D eigenvalue weighted by molar-refractivity contribution is 8.14. The molecule has 4 aliphatic rings. The Kier molecular flexibility index (Phi) is 9.20. The number of hydrazine groups is 1. The monoisotopic (exact) mass is 635 g/mol. The Morgan fingerprint density at radius 2 is 2.11 bits per heavy atom. The fourth-order valence-corrected chi connectivity index (χ4v) is 7.88. The first kappa shape index (κ1) is 31.9. The number of ether oxygens (including phenoxy) is 2. The highest BCUT2D eigenvalue weighted by Crippen LogP contribution is 2.41. The van der Waals surface area contributed by atoms with E-state index in [-0.39, 0.29) is 30.6 Å². The molecule has 0 radical (unpaired) electrons. The summed E-state index contributed by atoms with van der Waals surface area (Å²) in [4.78, 5) is 41.7. The van der Waals surface area contributed by atoms with Crippen molar-refractivity contribution >= 4 is 51.5 Å². The third kappa shape index (κ3) is 6.34.